The maximum Gasteiger partial charge on any atom is 0.325 e. The predicted molar refractivity (Wildman–Crippen MR) is 98.5 cm³/mol. The fraction of sp³-hybridized carbons (Fsp3) is 0.0667. The summed E-state index contributed by atoms with van der Waals surface area (Å²) in [5, 5.41) is 16.0. The van der Waals surface area contributed by atoms with Gasteiger partial charge in [0.2, 0.25) is 0 Å². The minimum Gasteiger partial charge on any atom is -0.308 e. The number of carbonyl (C=O) groups excluding carboxylic acids is 1. The van der Waals surface area contributed by atoms with Crippen molar-refractivity contribution >= 4 is 53.9 Å². The highest BCUT2D eigenvalue weighted by Crippen LogP contribution is 2.28. The zero-order chi connectivity index (χ0) is 18.9. The van der Waals surface area contributed by atoms with Gasteiger partial charge in [-0.3, -0.25) is 15.4 Å². The summed E-state index contributed by atoms with van der Waals surface area (Å²) in [7, 11) is -3.33. The van der Waals surface area contributed by atoms with Crippen LogP contribution in [0.5, 0.6) is 0 Å². The number of hydrogen-bond acceptors (Lipinski definition) is 7. The number of urea groups is 1. The Labute approximate surface area is 151 Å². The number of nitrogens with zero attached hydrogens (tertiary/aromatic N) is 2. The van der Waals surface area contributed by atoms with E-state index >= 15 is 0 Å². The van der Waals surface area contributed by atoms with Crippen molar-refractivity contribution in [2.45, 2.75) is 4.90 Å². The Kier molecular flexibility index (Phi) is 4.57. The molecular weight excluding hydrogens is 380 g/mol. The summed E-state index contributed by atoms with van der Waals surface area (Å²) < 4.78 is 23.8. The average Bonchev–Trinajstić information content (AvgIpc) is 2.95. The van der Waals surface area contributed by atoms with Crippen LogP contribution >= 0.6 is 11.3 Å². The van der Waals surface area contributed by atoms with E-state index in [1.807, 2.05) is 0 Å². The summed E-state index contributed by atoms with van der Waals surface area (Å²) in [5.41, 5.74) is 0.866. The van der Waals surface area contributed by atoms with Gasteiger partial charge in [-0.15, -0.1) is 0 Å². The molecule has 11 heteroatoms. The molecule has 1 aromatic heterocycles. The number of rotatable bonds is 4. The van der Waals surface area contributed by atoms with E-state index in [4.69, 9.17) is 0 Å². The maximum atomic E-state index is 12.0. The second kappa shape index (κ2) is 6.69. The fourth-order valence-electron chi connectivity index (χ4n) is 2.11. The van der Waals surface area contributed by atoms with E-state index in [0.717, 1.165) is 17.6 Å². The van der Waals surface area contributed by atoms with Crippen molar-refractivity contribution in [2.75, 3.05) is 16.9 Å². The van der Waals surface area contributed by atoms with E-state index in [0.29, 0.717) is 21.0 Å². The SMILES string of the molecule is CS(=O)(=O)c1ccc2nc(NC(=O)Nc3ccc([N+](=O)[O-])cc3)sc2c1. The molecule has 3 aromatic rings. The Morgan fingerprint density at radius 1 is 1.15 bits per heavy atom. The summed E-state index contributed by atoms with van der Waals surface area (Å²) >= 11 is 1.14. The number of hydrogen-bond donors (Lipinski definition) is 2. The number of carbonyl (C=O) groups is 1. The van der Waals surface area contributed by atoms with Crippen LogP contribution in [0, 0.1) is 10.1 Å². The molecule has 2 aromatic carbocycles. The molecule has 134 valence electrons. The van der Waals surface area contributed by atoms with Crippen molar-refractivity contribution in [1.29, 1.82) is 0 Å². The maximum absolute atomic E-state index is 12.0. The Morgan fingerprint density at radius 3 is 2.46 bits per heavy atom. The first kappa shape index (κ1) is 17.8. The van der Waals surface area contributed by atoms with Crippen molar-refractivity contribution in [2.24, 2.45) is 0 Å². The molecule has 1 heterocycles. The summed E-state index contributed by atoms with van der Waals surface area (Å²) in [6.07, 6.45) is 1.12. The number of amides is 2. The van der Waals surface area contributed by atoms with Crippen LogP contribution in [0.3, 0.4) is 0 Å². The molecule has 0 aliphatic rings. The van der Waals surface area contributed by atoms with Crippen LogP contribution in [0.4, 0.5) is 21.3 Å². The van der Waals surface area contributed by atoms with Gasteiger partial charge in [-0.2, -0.15) is 0 Å². The molecule has 0 bridgehead atoms. The van der Waals surface area contributed by atoms with Crippen molar-refractivity contribution in [3.05, 3.63) is 52.6 Å². The molecule has 0 aliphatic carbocycles. The summed E-state index contributed by atoms with van der Waals surface area (Å²) in [5.74, 6) is 0. The minimum atomic E-state index is -3.33. The first-order chi connectivity index (χ1) is 12.2. The molecule has 0 saturated heterocycles. The van der Waals surface area contributed by atoms with Crippen molar-refractivity contribution in [1.82, 2.24) is 4.98 Å². The number of thiazole rings is 1. The van der Waals surface area contributed by atoms with Crippen LogP contribution in [-0.4, -0.2) is 30.6 Å². The number of non-ortho nitro benzene ring substituents is 1. The molecular formula is C15H12N4O5S2. The van der Waals surface area contributed by atoms with Crippen LogP contribution in [-0.2, 0) is 9.84 Å². The van der Waals surface area contributed by atoms with Crippen molar-refractivity contribution in [3.8, 4) is 0 Å². The van der Waals surface area contributed by atoms with E-state index in [2.05, 4.69) is 15.6 Å². The van der Waals surface area contributed by atoms with Gasteiger partial charge in [0.05, 0.1) is 20.0 Å². The second-order valence-corrected chi connectivity index (χ2v) is 8.35. The normalized spacial score (nSPS) is 11.3. The fourth-order valence-corrected chi connectivity index (χ4v) is 3.74. The molecule has 0 radical (unpaired) electrons. The van der Waals surface area contributed by atoms with E-state index in [9.17, 15) is 23.3 Å². The molecule has 0 spiro atoms. The van der Waals surface area contributed by atoms with Gasteiger partial charge >= 0.3 is 6.03 Å². The van der Waals surface area contributed by atoms with Crippen LogP contribution in [0.25, 0.3) is 10.2 Å². The Bertz CT molecular complexity index is 1110. The molecule has 2 N–H and O–H groups in total. The third-order valence-electron chi connectivity index (χ3n) is 3.34. The van der Waals surface area contributed by atoms with Gasteiger partial charge in [0.25, 0.3) is 5.69 Å². The number of benzene rings is 2. The van der Waals surface area contributed by atoms with Crippen LogP contribution in [0.2, 0.25) is 0 Å². The lowest BCUT2D eigenvalue weighted by molar-refractivity contribution is -0.384. The summed E-state index contributed by atoms with van der Waals surface area (Å²) in [4.78, 5) is 26.5. The zero-order valence-electron chi connectivity index (χ0n) is 13.3. The molecule has 2 amide bonds. The average molecular weight is 392 g/mol. The highest BCUT2D eigenvalue weighted by molar-refractivity contribution is 7.90. The predicted octanol–water partition coefficient (Wildman–Crippen LogP) is 3.25. The van der Waals surface area contributed by atoms with Gasteiger partial charge in [0.15, 0.2) is 15.0 Å². The smallest absolute Gasteiger partial charge is 0.308 e. The van der Waals surface area contributed by atoms with E-state index in [-0.39, 0.29) is 10.6 Å². The lowest BCUT2D eigenvalue weighted by atomic mass is 10.3. The minimum absolute atomic E-state index is 0.0798. The number of sulfone groups is 1. The largest absolute Gasteiger partial charge is 0.325 e. The Hall–Kier alpha value is -3.05. The van der Waals surface area contributed by atoms with Gasteiger partial charge in [-0.05, 0) is 30.3 Å². The first-order valence-corrected chi connectivity index (χ1v) is 9.86. The lowest BCUT2D eigenvalue weighted by Crippen LogP contribution is -2.19. The molecule has 3 rings (SSSR count). The highest BCUT2D eigenvalue weighted by atomic mass is 32.2. The third kappa shape index (κ3) is 3.95. The monoisotopic (exact) mass is 392 g/mol. The van der Waals surface area contributed by atoms with Gasteiger partial charge < -0.3 is 5.32 Å². The van der Waals surface area contributed by atoms with E-state index in [1.165, 1.54) is 36.4 Å². The zero-order valence-corrected chi connectivity index (χ0v) is 14.9. The molecule has 0 fully saturated rings. The van der Waals surface area contributed by atoms with Crippen LogP contribution in [0.1, 0.15) is 0 Å². The number of nitrogens with one attached hydrogen (secondary N) is 2. The quantitative estimate of drug-likeness (QED) is 0.517. The van der Waals surface area contributed by atoms with Crippen LogP contribution in [0.15, 0.2) is 47.4 Å². The summed E-state index contributed by atoms with van der Waals surface area (Å²) in [6, 6.07) is 9.34. The van der Waals surface area contributed by atoms with Crippen LogP contribution < -0.4 is 10.6 Å². The number of nitro groups is 1. The van der Waals surface area contributed by atoms with Gasteiger partial charge in [0, 0.05) is 24.1 Å². The first-order valence-electron chi connectivity index (χ1n) is 7.15. The Morgan fingerprint density at radius 2 is 1.85 bits per heavy atom. The molecule has 0 aliphatic heterocycles. The number of aromatic nitrogens is 1. The third-order valence-corrected chi connectivity index (χ3v) is 5.39. The van der Waals surface area contributed by atoms with Crippen molar-refractivity contribution in [3.63, 3.8) is 0 Å². The van der Waals surface area contributed by atoms with Gasteiger partial charge in [0.1, 0.15) is 0 Å². The van der Waals surface area contributed by atoms with Gasteiger partial charge in [-0.25, -0.2) is 18.2 Å². The molecule has 0 atom stereocenters. The standard InChI is InChI=1S/C15H12N4O5S2/c1-26(23,24)11-6-7-12-13(8-11)25-15(17-12)18-14(20)16-9-2-4-10(5-3-9)19(21)22/h2-8H,1H3,(H2,16,17,18,20). The van der Waals surface area contributed by atoms with E-state index < -0.39 is 20.8 Å². The van der Waals surface area contributed by atoms with Crippen molar-refractivity contribution < 1.29 is 18.1 Å². The highest BCUT2D eigenvalue weighted by Gasteiger charge is 2.12. The Balaban J connectivity index is 1.73. The molecule has 0 unspecified atom stereocenters. The number of fused-ring (bicyclic) bond motifs is 1. The summed E-state index contributed by atoms with van der Waals surface area (Å²) in [6.45, 7) is 0. The second-order valence-electron chi connectivity index (χ2n) is 5.30. The molecule has 9 nitrogen and oxygen atoms in total. The van der Waals surface area contributed by atoms with Gasteiger partial charge in [-0.1, -0.05) is 11.3 Å². The lowest BCUT2D eigenvalue weighted by Gasteiger charge is -2.04. The van der Waals surface area contributed by atoms with E-state index in [1.54, 1.807) is 6.07 Å². The number of nitro benzene ring substituents is 1. The number of anilines is 2. The molecule has 0 saturated carbocycles. The molecule has 26 heavy (non-hydrogen) atoms. The topological polar surface area (TPSA) is 131 Å².